The smallest absolute Gasteiger partial charge is 0.0331 e. The number of hydrogen-bond acceptors (Lipinski definition) is 3. The molecule has 0 radical (unpaired) electrons. The molecule has 0 saturated heterocycles. The van der Waals surface area contributed by atoms with E-state index < -0.39 is 0 Å². The van der Waals surface area contributed by atoms with E-state index in [1.54, 1.807) is 0 Å². The van der Waals surface area contributed by atoms with Gasteiger partial charge < -0.3 is 5.32 Å². The van der Waals surface area contributed by atoms with Gasteiger partial charge in [-0.15, -0.1) is 11.3 Å². The van der Waals surface area contributed by atoms with E-state index in [0.29, 0.717) is 6.04 Å². The van der Waals surface area contributed by atoms with Crippen LogP contribution in [0, 0.1) is 0 Å². The van der Waals surface area contributed by atoms with Crippen LogP contribution in [0.2, 0.25) is 0 Å². The Labute approximate surface area is 115 Å². The minimum Gasteiger partial charge on any atom is -0.313 e. The zero-order valence-electron chi connectivity index (χ0n) is 11.7. The van der Waals surface area contributed by atoms with Crippen LogP contribution in [0.3, 0.4) is 0 Å². The average molecular weight is 266 g/mol. The van der Waals surface area contributed by atoms with Crippen LogP contribution in [0.5, 0.6) is 0 Å². The molecule has 18 heavy (non-hydrogen) atoms. The van der Waals surface area contributed by atoms with Crippen LogP contribution in [0.25, 0.3) is 0 Å². The van der Waals surface area contributed by atoms with Gasteiger partial charge in [-0.05, 0) is 37.6 Å². The molecule has 2 nitrogen and oxygen atoms in total. The molecule has 1 aromatic rings. The lowest BCUT2D eigenvalue weighted by atomic mass is 10.2. The Morgan fingerprint density at radius 3 is 2.94 bits per heavy atom. The SMILES string of the molecule is CCCC(C)NCCN(Cc1cccs1)C1CC1. The zero-order valence-corrected chi connectivity index (χ0v) is 12.5. The van der Waals surface area contributed by atoms with Crippen molar-refractivity contribution in [3.05, 3.63) is 22.4 Å². The van der Waals surface area contributed by atoms with Crippen molar-refractivity contribution in [1.29, 1.82) is 0 Å². The molecule has 0 bridgehead atoms. The van der Waals surface area contributed by atoms with Gasteiger partial charge in [-0.2, -0.15) is 0 Å². The monoisotopic (exact) mass is 266 g/mol. The minimum atomic E-state index is 0.665. The van der Waals surface area contributed by atoms with Crippen LogP contribution in [-0.2, 0) is 6.54 Å². The number of nitrogens with one attached hydrogen (secondary N) is 1. The molecule has 0 aliphatic heterocycles. The Balaban J connectivity index is 1.70. The minimum absolute atomic E-state index is 0.665. The van der Waals surface area contributed by atoms with Crippen molar-refractivity contribution in [1.82, 2.24) is 10.2 Å². The van der Waals surface area contributed by atoms with Crippen LogP contribution in [0.4, 0.5) is 0 Å². The molecule has 1 fully saturated rings. The van der Waals surface area contributed by atoms with E-state index >= 15 is 0 Å². The molecule has 3 heteroatoms. The van der Waals surface area contributed by atoms with Gasteiger partial charge >= 0.3 is 0 Å². The first-order chi connectivity index (χ1) is 8.79. The first kappa shape index (κ1) is 14.0. The van der Waals surface area contributed by atoms with Crippen LogP contribution in [-0.4, -0.2) is 30.1 Å². The highest BCUT2D eigenvalue weighted by Gasteiger charge is 2.28. The van der Waals surface area contributed by atoms with E-state index in [2.05, 4.69) is 41.6 Å². The van der Waals surface area contributed by atoms with Crippen molar-refractivity contribution in [2.24, 2.45) is 0 Å². The lowest BCUT2D eigenvalue weighted by Crippen LogP contribution is -2.36. The van der Waals surface area contributed by atoms with Gasteiger partial charge in [-0.25, -0.2) is 0 Å². The Morgan fingerprint density at radius 2 is 2.33 bits per heavy atom. The van der Waals surface area contributed by atoms with Gasteiger partial charge in [0.2, 0.25) is 0 Å². The molecule has 1 unspecified atom stereocenters. The van der Waals surface area contributed by atoms with Gasteiger partial charge in [0.1, 0.15) is 0 Å². The van der Waals surface area contributed by atoms with Crippen LogP contribution >= 0.6 is 11.3 Å². The Hall–Kier alpha value is -0.380. The fourth-order valence-electron chi connectivity index (χ4n) is 2.42. The fourth-order valence-corrected chi connectivity index (χ4v) is 3.15. The van der Waals surface area contributed by atoms with Gasteiger partial charge in [-0.1, -0.05) is 19.4 Å². The van der Waals surface area contributed by atoms with Crippen molar-refractivity contribution in [2.45, 2.75) is 58.2 Å². The maximum absolute atomic E-state index is 3.64. The second-order valence-electron chi connectivity index (χ2n) is 5.42. The first-order valence-corrected chi connectivity index (χ1v) is 8.17. The van der Waals surface area contributed by atoms with Gasteiger partial charge in [0.15, 0.2) is 0 Å². The highest BCUT2D eigenvalue weighted by atomic mass is 32.1. The Bertz CT molecular complexity index is 319. The molecule has 2 rings (SSSR count). The molecule has 1 saturated carbocycles. The van der Waals surface area contributed by atoms with E-state index in [-0.39, 0.29) is 0 Å². The third-order valence-electron chi connectivity index (χ3n) is 3.62. The largest absolute Gasteiger partial charge is 0.313 e. The van der Waals surface area contributed by atoms with E-state index in [0.717, 1.165) is 19.1 Å². The van der Waals surface area contributed by atoms with E-state index in [1.807, 2.05) is 11.3 Å². The van der Waals surface area contributed by atoms with Crippen molar-refractivity contribution in [2.75, 3.05) is 13.1 Å². The van der Waals surface area contributed by atoms with Crippen LogP contribution in [0.1, 0.15) is 44.4 Å². The van der Waals surface area contributed by atoms with Crippen molar-refractivity contribution in [3.8, 4) is 0 Å². The second-order valence-corrected chi connectivity index (χ2v) is 6.46. The summed E-state index contributed by atoms with van der Waals surface area (Å²) in [6.45, 7) is 8.02. The summed E-state index contributed by atoms with van der Waals surface area (Å²) in [4.78, 5) is 4.15. The van der Waals surface area contributed by atoms with E-state index in [9.17, 15) is 0 Å². The summed E-state index contributed by atoms with van der Waals surface area (Å²) in [6, 6.07) is 5.94. The molecule has 1 aliphatic carbocycles. The lowest BCUT2D eigenvalue weighted by Gasteiger charge is -2.22. The summed E-state index contributed by atoms with van der Waals surface area (Å²) < 4.78 is 0. The first-order valence-electron chi connectivity index (χ1n) is 7.29. The number of hydrogen-bond donors (Lipinski definition) is 1. The van der Waals surface area contributed by atoms with Gasteiger partial charge in [-0.3, -0.25) is 4.90 Å². The van der Waals surface area contributed by atoms with Gasteiger partial charge in [0.25, 0.3) is 0 Å². The topological polar surface area (TPSA) is 15.3 Å². The average Bonchev–Trinajstić information content (AvgIpc) is 3.07. The summed E-state index contributed by atoms with van der Waals surface area (Å²) in [5.41, 5.74) is 0. The molecular weight excluding hydrogens is 240 g/mol. The molecule has 0 spiro atoms. The van der Waals surface area contributed by atoms with Crippen LogP contribution in [0.15, 0.2) is 17.5 Å². The summed E-state index contributed by atoms with van der Waals surface area (Å²) in [7, 11) is 0. The Kier molecular flexibility index (Phi) is 5.67. The highest BCUT2D eigenvalue weighted by molar-refractivity contribution is 7.09. The number of thiophene rings is 1. The van der Waals surface area contributed by atoms with Gasteiger partial charge in [0.05, 0.1) is 0 Å². The van der Waals surface area contributed by atoms with E-state index in [1.165, 1.54) is 37.1 Å². The Morgan fingerprint density at radius 1 is 1.50 bits per heavy atom. The van der Waals surface area contributed by atoms with Crippen molar-refractivity contribution in [3.63, 3.8) is 0 Å². The second kappa shape index (κ2) is 7.27. The van der Waals surface area contributed by atoms with E-state index in [4.69, 9.17) is 0 Å². The maximum atomic E-state index is 3.64. The summed E-state index contributed by atoms with van der Waals surface area (Å²) >= 11 is 1.88. The third kappa shape index (κ3) is 4.71. The molecule has 0 amide bonds. The highest BCUT2D eigenvalue weighted by Crippen LogP contribution is 2.28. The molecule has 1 N–H and O–H groups in total. The normalized spacial score (nSPS) is 17.3. The molecule has 1 aliphatic rings. The van der Waals surface area contributed by atoms with Crippen molar-refractivity contribution >= 4 is 11.3 Å². The summed E-state index contributed by atoms with van der Waals surface area (Å²) in [6.07, 6.45) is 5.36. The number of rotatable bonds is 9. The summed E-state index contributed by atoms with van der Waals surface area (Å²) in [5.74, 6) is 0. The summed E-state index contributed by atoms with van der Waals surface area (Å²) in [5, 5.41) is 5.82. The molecule has 1 atom stereocenters. The molecule has 1 aromatic heterocycles. The molecular formula is C15H26N2S. The quantitative estimate of drug-likeness (QED) is 0.736. The fraction of sp³-hybridized carbons (Fsp3) is 0.733. The number of nitrogens with zero attached hydrogens (tertiary/aromatic N) is 1. The maximum Gasteiger partial charge on any atom is 0.0331 e. The molecule has 102 valence electrons. The standard InChI is InChI=1S/C15H26N2S/c1-3-5-13(2)16-9-10-17(14-7-8-14)12-15-6-4-11-18-15/h4,6,11,13-14,16H,3,5,7-10,12H2,1-2H3. The lowest BCUT2D eigenvalue weighted by molar-refractivity contribution is 0.252. The zero-order chi connectivity index (χ0) is 12.8. The third-order valence-corrected chi connectivity index (χ3v) is 4.48. The predicted molar refractivity (Wildman–Crippen MR) is 80.1 cm³/mol. The molecule has 1 heterocycles. The van der Waals surface area contributed by atoms with Crippen molar-refractivity contribution < 1.29 is 0 Å². The van der Waals surface area contributed by atoms with Gasteiger partial charge in [0, 0.05) is 36.6 Å². The van der Waals surface area contributed by atoms with Crippen LogP contribution < -0.4 is 5.32 Å². The molecule has 0 aromatic carbocycles. The predicted octanol–water partition coefficient (Wildman–Crippen LogP) is 3.49.